The molecule has 0 saturated heterocycles. The van der Waals surface area contributed by atoms with Crippen LogP contribution in [-0.2, 0) is 20.6 Å². The van der Waals surface area contributed by atoms with Gasteiger partial charge in [-0.05, 0) is 24.3 Å². The molecule has 1 unspecified atom stereocenters. The van der Waals surface area contributed by atoms with E-state index < -0.39 is 22.3 Å². The van der Waals surface area contributed by atoms with Gasteiger partial charge in [0.05, 0.1) is 5.25 Å². The first-order valence-corrected chi connectivity index (χ1v) is 7.70. The second-order valence-electron chi connectivity index (χ2n) is 4.87. The van der Waals surface area contributed by atoms with Gasteiger partial charge in [0.15, 0.2) is 5.78 Å². The lowest BCUT2D eigenvalue weighted by molar-refractivity contribution is 0.0992. The minimum atomic E-state index is -0.710. The van der Waals surface area contributed by atoms with Gasteiger partial charge < -0.3 is 5.73 Å². The molecule has 0 aromatic carbocycles. The zero-order chi connectivity index (χ0) is 17.3. The first-order valence-electron chi connectivity index (χ1n) is 6.82. The van der Waals surface area contributed by atoms with Crippen molar-refractivity contribution in [2.75, 3.05) is 5.73 Å². The van der Waals surface area contributed by atoms with Crippen molar-refractivity contribution in [3.8, 4) is 0 Å². The van der Waals surface area contributed by atoms with Gasteiger partial charge in [0.2, 0.25) is 5.16 Å². The molecule has 124 valence electrons. The molecule has 2 aromatic heterocycles. The molecule has 0 saturated carbocycles. The number of aromatic nitrogens is 6. The lowest BCUT2D eigenvalue weighted by atomic mass is 10.1. The number of hydrogen-bond donors (Lipinski definition) is 1. The number of ketones is 1. The highest BCUT2D eigenvalue weighted by molar-refractivity contribution is 8.00. The number of Topliss-reactive ketones (excluding diaryl/α,β-unsaturated/α-hetero) is 1. The number of nitrogens with two attached hydrogens (primary N) is 1. The Balaban J connectivity index is 2.41. The molecule has 2 N–H and O–H groups in total. The van der Waals surface area contributed by atoms with Crippen LogP contribution < -0.4 is 17.0 Å². The van der Waals surface area contributed by atoms with Gasteiger partial charge in [0, 0.05) is 20.6 Å². The predicted molar refractivity (Wildman–Crippen MR) is 84.5 cm³/mol. The molecule has 10 nitrogen and oxygen atoms in total. The topological polar surface area (TPSA) is 131 Å². The van der Waals surface area contributed by atoms with E-state index in [4.69, 9.17) is 5.73 Å². The van der Waals surface area contributed by atoms with Crippen LogP contribution in [0, 0.1) is 0 Å². The zero-order valence-corrected chi connectivity index (χ0v) is 14.0. The standard InChI is InChI=1S/C12H17N7O3S/c1-5-19-11(14-15-16-19)23-6(2)8(20)7-9(13)17(3)12(22)18(4)10(7)21/h6H,5,13H2,1-4H3. The smallest absolute Gasteiger partial charge is 0.332 e. The number of hydrogen-bond acceptors (Lipinski definition) is 8. The fourth-order valence-corrected chi connectivity index (χ4v) is 2.90. The number of rotatable bonds is 5. The van der Waals surface area contributed by atoms with E-state index in [9.17, 15) is 14.4 Å². The van der Waals surface area contributed by atoms with Gasteiger partial charge in [-0.1, -0.05) is 11.8 Å². The summed E-state index contributed by atoms with van der Waals surface area (Å²) in [5, 5.41) is 11.0. The van der Waals surface area contributed by atoms with Gasteiger partial charge in [-0.2, -0.15) is 0 Å². The molecule has 0 aliphatic heterocycles. The second-order valence-corrected chi connectivity index (χ2v) is 6.18. The minimum absolute atomic E-state index is 0.148. The van der Waals surface area contributed by atoms with Gasteiger partial charge in [0.1, 0.15) is 11.4 Å². The number of carbonyl (C=O) groups is 1. The molecule has 2 aromatic rings. The third kappa shape index (κ3) is 2.91. The molecule has 0 bridgehead atoms. The summed E-state index contributed by atoms with van der Waals surface area (Å²) in [6, 6.07) is 0. The molecule has 0 aliphatic rings. The number of nitrogen functional groups attached to an aromatic ring is 1. The summed E-state index contributed by atoms with van der Waals surface area (Å²) in [7, 11) is 2.71. The Hall–Kier alpha value is -2.43. The highest BCUT2D eigenvalue weighted by atomic mass is 32.2. The summed E-state index contributed by atoms with van der Waals surface area (Å²) in [6.45, 7) is 4.05. The number of carbonyl (C=O) groups excluding carboxylic acids is 1. The molecule has 0 spiro atoms. The van der Waals surface area contributed by atoms with E-state index in [1.54, 1.807) is 6.92 Å². The van der Waals surface area contributed by atoms with E-state index in [1.807, 2.05) is 6.92 Å². The van der Waals surface area contributed by atoms with Crippen LogP contribution in [0.3, 0.4) is 0 Å². The monoisotopic (exact) mass is 339 g/mol. The average Bonchev–Trinajstić information content (AvgIpc) is 2.98. The summed E-state index contributed by atoms with van der Waals surface area (Å²) in [6.07, 6.45) is 0. The van der Waals surface area contributed by atoms with Crippen molar-refractivity contribution in [1.29, 1.82) is 0 Å². The SMILES string of the molecule is CCn1nnnc1SC(C)C(=O)c1c(N)n(C)c(=O)n(C)c1=O. The Morgan fingerprint density at radius 3 is 2.57 bits per heavy atom. The maximum absolute atomic E-state index is 12.6. The van der Waals surface area contributed by atoms with Gasteiger partial charge >= 0.3 is 5.69 Å². The maximum atomic E-state index is 12.6. The lowest BCUT2D eigenvalue weighted by Crippen LogP contribution is -2.42. The Kier molecular flexibility index (Phi) is 4.68. The number of anilines is 1. The van der Waals surface area contributed by atoms with Gasteiger partial charge in [-0.15, -0.1) is 5.10 Å². The Morgan fingerprint density at radius 1 is 1.30 bits per heavy atom. The number of tetrazole rings is 1. The van der Waals surface area contributed by atoms with Crippen molar-refractivity contribution < 1.29 is 4.79 Å². The van der Waals surface area contributed by atoms with Crippen molar-refractivity contribution in [3.05, 3.63) is 26.4 Å². The van der Waals surface area contributed by atoms with Crippen LogP contribution >= 0.6 is 11.8 Å². The highest BCUT2D eigenvalue weighted by Gasteiger charge is 2.26. The molecule has 23 heavy (non-hydrogen) atoms. The van der Waals surface area contributed by atoms with E-state index >= 15 is 0 Å². The van der Waals surface area contributed by atoms with Crippen molar-refractivity contribution in [1.82, 2.24) is 29.3 Å². The molecule has 1 atom stereocenters. The van der Waals surface area contributed by atoms with Crippen LogP contribution in [0.15, 0.2) is 14.7 Å². The third-order valence-corrected chi connectivity index (χ3v) is 4.48. The molecule has 0 aliphatic carbocycles. The van der Waals surface area contributed by atoms with E-state index in [0.29, 0.717) is 11.7 Å². The molecule has 2 rings (SSSR count). The van der Waals surface area contributed by atoms with E-state index in [1.165, 1.54) is 18.8 Å². The van der Waals surface area contributed by atoms with Crippen LogP contribution in [-0.4, -0.2) is 40.4 Å². The van der Waals surface area contributed by atoms with E-state index in [-0.39, 0.29) is 11.4 Å². The zero-order valence-electron chi connectivity index (χ0n) is 13.2. The quantitative estimate of drug-likeness (QED) is 0.544. The summed E-state index contributed by atoms with van der Waals surface area (Å²) >= 11 is 1.12. The van der Waals surface area contributed by atoms with Gasteiger partial charge in [-0.3, -0.25) is 18.7 Å². The molecular formula is C12H17N7O3S. The van der Waals surface area contributed by atoms with Crippen molar-refractivity contribution in [3.63, 3.8) is 0 Å². The first-order chi connectivity index (χ1) is 10.8. The maximum Gasteiger partial charge on any atom is 0.332 e. The molecule has 0 radical (unpaired) electrons. The Morgan fingerprint density at radius 2 is 1.96 bits per heavy atom. The Labute approximate surface area is 135 Å². The summed E-state index contributed by atoms with van der Waals surface area (Å²) in [4.78, 5) is 36.6. The second kappa shape index (κ2) is 6.36. The fourth-order valence-electron chi connectivity index (χ4n) is 1.99. The number of thioether (sulfide) groups is 1. The molecule has 0 fully saturated rings. The molecule has 11 heteroatoms. The minimum Gasteiger partial charge on any atom is -0.384 e. The first kappa shape index (κ1) is 16.9. The van der Waals surface area contributed by atoms with E-state index in [0.717, 1.165) is 20.9 Å². The van der Waals surface area contributed by atoms with Crippen molar-refractivity contribution in [2.24, 2.45) is 14.1 Å². The van der Waals surface area contributed by atoms with Crippen molar-refractivity contribution >= 4 is 23.4 Å². The molecule has 2 heterocycles. The molecule has 0 amide bonds. The predicted octanol–water partition coefficient (Wildman–Crippen LogP) is -0.964. The Bertz CT molecular complexity index is 867. The van der Waals surface area contributed by atoms with E-state index in [2.05, 4.69) is 15.5 Å². The normalized spacial score (nSPS) is 12.3. The average molecular weight is 339 g/mol. The molecular weight excluding hydrogens is 322 g/mol. The highest BCUT2D eigenvalue weighted by Crippen LogP contribution is 2.23. The van der Waals surface area contributed by atoms with Crippen LogP contribution in [0.5, 0.6) is 0 Å². The van der Waals surface area contributed by atoms with Crippen molar-refractivity contribution in [2.45, 2.75) is 30.8 Å². The largest absolute Gasteiger partial charge is 0.384 e. The third-order valence-electron chi connectivity index (χ3n) is 3.41. The van der Waals surface area contributed by atoms with Gasteiger partial charge in [-0.25, -0.2) is 9.48 Å². The number of nitrogens with zero attached hydrogens (tertiary/aromatic N) is 6. The van der Waals surface area contributed by atoms with Crippen LogP contribution in [0.2, 0.25) is 0 Å². The lowest BCUT2D eigenvalue weighted by Gasteiger charge is -2.13. The number of aryl methyl sites for hydroxylation is 1. The van der Waals surface area contributed by atoms with Crippen LogP contribution in [0.4, 0.5) is 5.82 Å². The van der Waals surface area contributed by atoms with Crippen LogP contribution in [0.25, 0.3) is 0 Å². The van der Waals surface area contributed by atoms with Crippen LogP contribution in [0.1, 0.15) is 24.2 Å². The summed E-state index contributed by atoms with van der Waals surface area (Å²) in [5.41, 5.74) is 4.30. The fraction of sp³-hybridized carbons (Fsp3) is 0.500. The summed E-state index contributed by atoms with van der Waals surface area (Å²) in [5.74, 6) is -0.625. The van der Waals surface area contributed by atoms with Gasteiger partial charge in [0.25, 0.3) is 5.56 Å². The summed E-state index contributed by atoms with van der Waals surface area (Å²) < 4.78 is 3.47.